The van der Waals surface area contributed by atoms with Gasteiger partial charge in [0, 0.05) is 24.7 Å². The molecule has 0 aliphatic carbocycles. The molecule has 0 amide bonds. The van der Waals surface area contributed by atoms with Crippen molar-refractivity contribution >= 4 is 16.9 Å². The van der Waals surface area contributed by atoms with E-state index < -0.39 is 6.10 Å². The molecule has 0 saturated carbocycles. The van der Waals surface area contributed by atoms with E-state index in [0.29, 0.717) is 28.3 Å². The molecule has 174 valence electrons. The number of methoxy groups -OCH3 is 1. The van der Waals surface area contributed by atoms with Crippen LogP contribution in [0.1, 0.15) is 57.8 Å². The summed E-state index contributed by atoms with van der Waals surface area (Å²) >= 11 is 0. The van der Waals surface area contributed by atoms with E-state index in [2.05, 4.69) is 39.3 Å². The zero-order chi connectivity index (χ0) is 23.6. The number of nitrogens with one attached hydrogen (secondary N) is 2. The predicted molar refractivity (Wildman–Crippen MR) is 122 cm³/mol. The number of hydrogen-bond donors (Lipinski definition) is 5. The summed E-state index contributed by atoms with van der Waals surface area (Å²) in [5.74, 6) is 0.805. The maximum absolute atomic E-state index is 10.3. The zero-order valence-corrected chi connectivity index (χ0v) is 19.3. The number of aromatic amines is 1. The van der Waals surface area contributed by atoms with Gasteiger partial charge in [0.15, 0.2) is 11.3 Å². The predicted octanol–water partition coefficient (Wildman–Crippen LogP) is 2.78. The standard InChI is InChI=1S/C22H32N6O4/c1-11(2)18-20-19(27-26-18)21(25-22(24-9-13(5)29)28(20)12(3)4)23-10-15-16(30)7-14(32-6)8-17(15)31/h7-8,11-13,29-31H,9-10H2,1-6H3,(H,26,27)(H,23,24,25). The lowest BCUT2D eigenvalue weighted by Gasteiger charge is -2.18. The molecule has 3 aromatic rings. The smallest absolute Gasteiger partial charge is 0.227 e. The molecule has 0 fully saturated rings. The van der Waals surface area contributed by atoms with Crippen LogP contribution >= 0.6 is 0 Å². The first-order valence-corrected chi connectivity index (χ1v) is 10.7. The number of rotatable bonds is 8. The van der Waals surface area contributed by atoms with Crippen LogP contribution < -0.4 is 15.7 Å². The highest BCUT2D eigenvalue weighted by molar-refractivity contribution is 5.87. The second-order valence-electron chi connectivity index (χ2n) is 8.40. The summed E-state index contributed by atoms with van der Waals surface area (Å²) in [5, 5.41) is 41.2. The third-order valence-electron chi connectivity index (χ3n) is 5.10. The quantitative estimate of drug-likeness (QED) is 0.360. The molecule has 0 aliphatic rings. The number of benzene rings is 1. The number of H-pyrrole nitrogens is 1. The van der Waals surface area contributed by atoms with E-state index >= 15 is 0 Å². The molecule has 0 radical (unpaired) electrons. The Hall–Kier alpha value is -3.27. The molecule has 3 rings (SSSR count). The zero-order valence-electron chi connectivity index (χ0n) is 19.3. The van der Waals surface area contributed by atoms with Crippen molar-refractivity contribution in [3.8, 4) is 17.2 Å². The first-order valence-electron chi connectivity index (χ1n) is 10.7. The first-order chi connectivity index (χ1) is 15.1. The molecule has 0 saturated heterocycles. The Kier molecular flexibility index (Phi) is 6.93. The lowest BCUT2D eigenvalue weighted by atomic mass is 10.1. The maximum atomic E-state index is 10.3. The molecule has 2 aromatic heterocycles. The minimum atomic E-state index is -0.605. The summed E-state index contributed by atoms with van der Waals surface area (Å²) in [7, 11) is 1.46. The Labute approximate surface area is 186 Å². The second kappa shape index (κ2) is 9.47. The summed E-state index contributed by atoms with van der Waals surface area (Å²) in [6.07, 6.45) is -0.605. The number of hydrogen-bond acceptors (Lipinski definition) is 8. The van der Waals surface area contributed by atoms with Gasteiger partial charge in [-0.2, -0.15) is 10.1 Å². The van der Waals surface area contributed by atoms with Crippen LogP contribution in [-0.2, 0) is 6.54 Å². The van der Waals surface area contributed by atoms with E-state index in [-0.39, 0.29) is 36.5 Å². The summed E-state index contributed by atoms with van der Waals surface area (Å²) in [4.78, 5) is 9.21. The fourth-order valence-corrected chi connectivity index (χ4v) is 3.49. The van der Waals surface area contributed by atoms with Crippen LogP contribution in [0.2, 0.25) is 0 Å². The number of phenols is 2. The monoisotopic (exact) mass is 444 g/mol. The SMILES string of the molecule is COc1cc(O)c(CNc2nc(=NCC(C)O)n(C(C)C)c3c(C(C)C)[nH]nc23)c(O)c1. The van der Waals surface area contributed by atoms with Crippen molar-refractivity contribution in [1.82, 2.24) is 19.7 Å². The maximum Gasteiger partial charge on any atom is 0.227 e. The molecule has 1 unspecified atom stereocenters. The van der Waals surface area contributed by atoms with Gasteiger partial charge in [-0.05, 0) is 26.7 Å². The molecule has 10 nitrogen and oxygen atoms in total. The highest BCUT2D eigenvalue weighted by atomic mass is 16.5. The van der Waals surface area contributed by atoms with Crippen LogP contribution in [0.15, 0.2) is 17.1 Å². The third-order valence-corrected chi connectivity index (χ3v) is 5.10. The minimum Gasteiger partial charge on any atom is -0.507 e. The number of nitrogens with zero attached hydrogens (tertiary/aromatic N) is 4. The van der Waals surface area contributed by atoms with Crippen molar-refractivity contribution in [2.24, 2.45) is 4.99 Å². The van der Waals surface area contributed by atoms with Gasteiger partial charge in [-0.15, -0.1) is 0 Å². The van der Waals surface area contributed by atoms with E-state index in [1.54, 1.807) is 6.92 Å². The van der Waals surface area contributed by atoms with Crippen LogP contribution in [0, 0.1) is 0 Å². The minimum absolute atomic E-state index is 0.0524. The molecule has 10 heteroatoms. The van der Waals surface area contributed by atoms with Crippen molar-refractivity contribution in [3.63, 3.8) is 0 Å². The van der Waals surface area contributed by atoms with Gasteiger partial charge in [0.05, 0.1) is 36.5 Å². The lowest BCUT2D eigenvalue weighted by Crippen LogP contribution is -2.29. The Morgan fingerprint density at radius 3 is 2.34 bits per heavy atom. The molecule has 1 aromatic carbocycles. The highest BCUT2D eigenvalue weighted by Crippen LogP contribution is 2.33. The van der Waals surface area contributed by atoms with E-state index in [4.69, 9.17) is 4.74 Å². The van der Waals surface area contributed by atoms with Crippen molar-refractivity contribution in [2.45, 2.75) is 59.2 Å². The average molecular weight is 445 g/mol. The van der Waals surface area contributed by atoms with Crippen molar-refractivity contribution < 1.29 is 20.1 Å². The number of ether oxygens (including phenoxy) is 1. The lowest BCUT2D eigenvalue weighted by molar-refractivity contribution is 0.202. The molecule has 2 heterocycles. The largest absolute Gasteiger partial charge is 0.507 e. The van der Waals surface area contributed by atoms with Crippen molar-refractivity contribution in [2.75, 3.05) is 19.0 Å². The average Bonchev–Trinajstić information content (AvgIpc) is 3.16. The molecule has 1 atom stereocenters. The van der Waals surface area contributed by atoms with Crippen LogP contribution in [0.5, 0.6) is 17.2 Å². The molecule has 0 aliphatic heterocycles. The second-order valence-corrected chi connectivity index (χ2v) is 8.40. The fourth-order valence-electron chi connectivity index (χ4n) is 3.49. The number of aromatic hydroxyl groups is 2. The Morgan fingerprint density at radius 2 is 1.81 bits per heavy atom. The van der Waals surface area contributed by atoms with Crippen LogP contribution in [0.4, 0.5) is 5.82 Å². The normalized spacial score (nSPS) is 13.3. The number of aromatic nitrogens is 4. The van der Waals surface area contributed by atoms with Crippen LogP contribution in [0.3, 0.4) is 0 Å². The van der Waals surface area contributed by atoms with Gasteiger partial charge in [0.2, 0.25) is 5.62 Å². The topological polar surface area (TPSA) is 141 Å². The van der Waals surface area contributed by atoms with E-state index in [9.17, 15) is 15.3 Å². The molecule has 0 bridgehead atoms. The van der Waals surface area contributed by atoms with Gasteiger partial charge < -0.3 is 29.9 Å². The van der Waals surface area contributed by atoms with Gasteiger partial charge in [-0.25, -0.2) is 4.99 Å². The summed E-state index contributed by atoms with van der Waals surface area (Å²) in [5.41, 5.74) is 3.22. The highest BCUT2D eigenvalue weighted by Gasteiger charge is 2.21. The molecule has 32 heavy (non-hydrogen) atoms. The van der Waals surface area contributed by atoms with E-state index in [1.807, 2.05) is 18.4 Å². The molecular weight excluding hydrogens is 412 g/mol. The Balaban J connectivity index is 2.15. The summed E-state index contributed by atoms with van der Waals surface area (Å²) < 4.78 is 7.08. The fraction of sp³-hybridized carbons (Fsp3) is 0.500. The third kappa shape index (κ3) is 4.64. The number of aliphatic hydroxyl groups is 1. The number of fused-ring (bicyclic) bond motifs is 1. The van der Waals surface area contributed by atoms with Gasteiger partial charge in [0.1, 0.15) is 17.2 Å². The Bertz CT molecular complexity index is 1140. The summed E-state index contributed by atoms with van der Waals surface area (Å²) in [6, 6.07) is 2.93. The first kappa shape index (κ1) is 23.4. The number of phenolic OH excluding ortho intramolecular Hbond substituents is 2. The van der Waals surface area contributed by atoms with Gasteiger partial charge >= 0.3 is 0 Å². The molecule has 0 spiro atoms. The van der Waals surface area contributed by atoms with E-state index in [1.165, 1.54) is 19.2 Å². The van der Waals surface area contributed by atoms with E-state index in [0.717, 1.165) is 11.2 Å². The molecular formula is C22H32N6O4. The number of anilines is 1. The molecule has 5 N–H and O–H groups in total. The summed E-state index contributed by atoms with van der Waals surface area (Å²) in [6.45, 7) is 10.2. The van der Waals surface area contributed by atoms with Crippen LogP contribution in [0.25, 0.3) is 11.0 Å². The number of aliphatic hydroxyl groups excluding tert-OH is 1. The Morgan fingerprint density at radius 1 is 1.16 bits per heavy atom. The van der Waals surface area contributed by atoms with Gasteiger partial charge in [-0.3, -0.25) is 5.10 Å². The van der Waals surface area contributed by atoms with Gasteiger partial charge in [-0.1, -0.05) is 13.8 Å². The van der Waals surface area contributed by atoms with Crippen LogP contribution in [-0.4, -0.2) is 54.8 Å². The van der Waals surface area contributed by atoms with Gasteiger partial charge in [0.25, 0.3) is 0 Å². The van der Waals surface area contributed by atoms with Crippen molar-refractivity contribution in [1.29, 1.82) is 0 Å². The van der Waals surface area contributed by atoms with Crippen molar-refractivity contribution in [3.05, 3.63) is 29.0 Å².